The van der Waals surface area contributed by atoms with Crippen LogP contribution in [0.1, 0.15) is 11.3 Å². The molecule has 0 aliphatic carbocycles. The molecule has 0 saturated carbocycles. The molecule has 0 fully saturated rings. The van der Waals surface area contributed by atoms with Gasteiger partial charge in [0.2, 0.25) is 0 Å². The van der Waals surface area contributed by atoms with E-state index >= 15 is 0 Å². The van der Waals surface area contributed by atoms with Crippen molar-refractivity contribution in [2.24, 2.45) is 0 Å². The number of aromatic nitrogens is 2. The Bertz CT molecular complexity index is 578. The van der Waals surface area contributed by atoms with Gasteiger partial charge in [0.05, 0.1) is 16.9 Å². The third kappa shape index (κ3) is 3.16. The standard InChI is InChI=1S/C12H11BrF3N3/c1-17-7-8-4-5-19(18-8)9-2-3-11(13)10(6-9)12(14,15)16/h2-6,17H,7H2,1H3. The predicted molar refractivity (Wildman–Crippen MR) is 69.0 cm³/mol. The molecule has 0 saturated heterocycles. The van der Waals surface area contributed by atoms with Crippen LogP contribution in [-0.4, -0.2) is 16.8 Å². The van der Waals surface area contributed by atoms with E-state index in [0.717, 1.165) is 11.8 Å². The van der Waals surface area contributed by atoms with Crippen LogP contribution in [0.3, 0.4) is 0 Å². The lowest BCUT2D eigenvalue weighted by Crippen LogP contribution is -2.08. The van der Waals surface area contributed by atoms with E-state index in [4.69, 9.17) is 0 Å². The van der Waals surface area contributed by atoms with E-state index in [1.54, 1.807) is 25.4 Å². The summed E-state index contributed by atoms with van der Waals surface area (Å²) in [6.45, 7) is 0.565. The zero-order chi connectivity index (χ0) is 14.0. The molecule has 0 unspecified atom stereocenters. The van der Waals surface area contributed by atoms with Crippen LogP contribution in [-0.2, 0) is 12.7 Å². The fourth-order valence-electron chi connectivity index (χ4n) is 1.65. The molecule has 1 heterocycles. The SMILES string of the molecule is CNCc1ccn(-c2ccc(Br)c(C(F)(F)F)c2)n1. The number of rotatable bonds is 3. The van der Waals surface area contributed by atoms with Crippen LogP contribution in [0.2, 0.25) is 0 Å². The summed E-state index contributed by atoms with van der Waals surface area (Å²) in [5.74, 6) is 0. The number of hydrogen-bond acceptors (Lipinski definition) is 2. The number of nitrogens with zero attached hydrogens (tertiary/aromatic N) is 2. The molecule has 102 valence electrons. The Morgan fingerprint density at radius 1 is 1.32 bits per heavy atom. The van der Waals surface area contributed by atoms with Crippen LogP contribution in [0.4, 0.5) is 13.2 Å². The lowest BCUT2D eigenvalue weighted by atomic mass is 10.2. The minimum atomic E-state index is -4.39. The lowest BCUT2D eigenvalue weighted by molar-refractivity contribution is -0.138. The quantitative estimate of drug-likeness (QED) is 0.933. The number of hydrogen-bond donors (Lipinski definition) is 1. The number of nitrogens with one attached hydrogen (secondary N) is 1. The number of benzene rings is 1. The highest BCUT2D eigenvalue weighted by molar-refractivity contribution is 9.10. The van der Waals surface area contributed by atoms with E-state index in [9.17, 15) is 13.2 Å². The van der Waals surface area contributed by atoms with Crippen molar-refractivity contribution >= 4 is 15.9 Å². The Hall–Kier alpha value is -1.34. The second kappa shape index (κ2) is 5.34. The van der Waals surface area contributed by atoms with E-state index in [2.05, 4.69) is 26.3 Å². The molecule has 0 spiro atoms. The Kier molecular flexibility index (Phi) is 3.96. The Balaban J connectivity index is 2.39. The first-order chi connectivity index (χ1) is 8.91. The molecule has 0 aliphatic heterocycles. The molecule has 1 aromatic carbocycles. The van der Waals surface area contributed by atoms with Gasteiger partial charge in [-0.3, -0.25) is 0 Å². The highest BCUT2D eigenvalue weighted by Gasteiger charge is 2.33. The highest BCUT2D eigenvalue weighted by atomic mass is 79.9. The predicted octanol–water partition coefficient (Wildman–Crippen LogP) is 3.37. The molecule has 7 heteroatoms. The maximum Gasteiger partial charge on any atom is 0.417 e. The molecule has 19 heavy (non-hydrogen) atoms. The van der Waals surface area contributed by atoms with E-state index in [1.807, 2.05) is 0 Å². The Labute approximate surface area is 116 Å². The first-order valence-corrected chi connectivity index (χ1v) is 6.27. The summed E-state index contributed by atoms with van der Waals surface area (Å²) < 4.78 is 39.8. The third-order valence-electron chi connectivity index (χ3n) is 2.52. The average Bonchev–Trinajstić information content (AvgIpc) is 2.77. The first kappa shape index (κ1) is 14.1. The zero-order valence-corrected chi connectivity index (χ0v) is 11.6. The van der Waals surface area contributed by atoms with E-state index in [0.29, 0.717) is 12.2 Å². The van der Waals surface area contributed by atoms with E-state index < -0.39 is 11.7 Å². The van der Waals surface area contributed by atoms with Gasteiger partial charge >= 0.3 is 6.18 Å². The molecule has 0 bridgehead atoms. The van der Waals surface area contributed by atoms with Gasteiger partial charge in [0.25, 0.3) is 0 Å². The summed E-state index contributed by atoms with van der Waals surface area (Å²) in [5.41, 5.74) is 0.424. The zero-order valence-electron chi connectivity index (χ0n) is 10.0. The van der Waals surface area contributed by atoms with Crippen molar-refractivity contribution < 1.29 is 13.2 Å². The van der Waals surface area contributed by atoms with Crippen molar-refractivity contribution in [3.8, 4) is 5.69 Å². The van der Waals surface area contributed by atoms with Gasteiger partial charge in [-0.25, -0.2) is 4.68 Å². The van der Waals surface area contributed by atoms with Crippen molar-refractivity contribution in [2.75, 3.05) is 7.05 Å². The summed E-state index contributed by atoms with van der Waals surface area (Å²) in [4.78, 5) is 0. The van der Waals surface area contributed by atoms with Crippen molar-refractivity contribution in [3.05, 3.63) is 46.2 Å². The molecule has 0 aliphatic rings. The van der Waals surface area contributed by atoms with Crippen molar-refractivity contribution in [2.45, 2.75) is 12.7 Å². The summed E-state index contributed by atoms with van der Waals surface area (Å²) in [6, 6.07) is 5.78. The van der Waals surface area contributed by atoms with Crippen molar-refractivity contribution in [3.63, 3.8) is 0 Å². The van der Waals surface area contributed by atoms with Gasteiger partial charge in [0.1, 0.15) is 0 Å². The van der Waals surface area contributed by atoms with Crippen LogP contribution >= 0.6 is 15.9 Å². The van der Waals surface area contributed by atoms with E-state index in [-0.39, 0.29) is 4.47 Å². The van der Waals surface area contributed by atoms with Gasteiger partial charge in [-0.2, -0.15) is 18.3 Å². The molecule has 0 radical (unpaired) electrons. The largest absolute Gasteiger partial charge is 0.417 e. The molecule has 1 aromatic heterocycles. The van der Waals surface area contributed by atoms with Crippen LogP contribution in [0.5, 0.6) is 0 Å². The van der Waals surface area contributed by atoms with Gasteiger partial charge in [-0.15, -0.1) is 0 Å². The fourth-order valence-corrected chi connectivity index (χ4v) is 2.13. The minimum Gasteiger partial charge on any atom is -0.314 e. The smallest absolute Gasteiger partial charge is 0.314 e. The van der Waals surface area contributed by atoms with Gasteiger partial charge in [-0.1, -0.05) is 15.9 Å². The maximum atomic E-state index is 12.8. The van der Waals surface area contributed by atoms with Crippen LogP contribution < -0.4 is 5.32 Å². The summed E-state index contributed by atoms with van der Waals surface area (Å²) in [6.07, 6.45) is -2.76. The maximum absolute atomic E-state index is 12.8. The average molecular weight is 334 g/mol. The monoisotopic (exact) mass is 333 g/mol. The lowest BCUT2D eigenvalue weighted by Gasteiger charge is -2.11. The van der Waals surface area contributed by atoms with Crippen molar-refractivity contribution in [1.29, 1.82) is 0 Å². The molecule has 3 nitrogen and oxygen atoms in total. The second-order valence-electron chi connectivity index (χ2n) is 3.94. The van der Waals surface area contributed by atoms with Crippen LogP contribution in [0.15, 0.2) is 34.9 Å². The topological polar surface area (TPSA) is 29.9 Å². The molecule has 1 N–H and O–H groups in total. The summed E-state index contributed by atoms with van der Waals surface area (Å²) >= 11 is 2.91. The van der Waals surface area contributed by atoms with E-state index in [1.165, 1.54) is 10.7 Å². The molecule has 0 atom stereocenters. The highest BCUT2D eigenvalue weighted by Crippen LogP contribution is 2.35. The Morgan fingerprint density at radius 3 is 2.68 bits per heavy atom. The molecular weight excluding hydrogens is 323 g/mol. The fraction of sp³-hybridized carbons (Fsp3) is 0.250. The van der Waals surface area contributed by atoms with Gasteiger partial charge in [0.15, 0.2) is 0 Å². The van der Waals surface area contributed by atoms with Gasteiger partial charge in [0, 0.05) is 17.2 Å². The molecular formula is C12H11BrF3N3. The number of halogens is 4. The normalized spacial score (nSPS) is 11.8. The second-order valence-corrected chi connectivity index (χ2v) is 4.80. The van der Waals surface area contributed by atoms with Gasteiger partial charge < -0.3 is 5.32 Å². The molecule has 2 rings (SSSR count). The van der Waals surface area contributed by atoms with Crippen LogP contribution in [0.25, 0.3) is 5.69 Å². The summed E-state index contributed by atoms with van der Waals surface area (Å²) in [5, 5.41) is 7.12. The summed E-state index contributed by atoms with van der Waals surface area (Å²) in [7, 11) is 1.78. The minimum absolute atomic E-state index is 0.0198. The third-order valence-corrected chi connectivity index (χ3v) is 3.21. The molecule has 0 amide bonds. The van der Waals surface area contributed by atoms with Gasteiger partial charge in [-0.05, 0) is 31.3 Å². The molecule has 2 aromatic rings. The Morgan fingerprint density at radius 2 is 2.05 bits per heavy atom. The van der Waals surface area contributed by atoms with Crippen LogP contribution in [0, 0.1) is 0 Å². The van der Waals surface area contributed by atoms with Crippen molar-refractivity contribution in [1.82, 2.24) is 15.1 Å². The number of alkyl halides is 3. The first-order valence-electron chi connectivity index (χ1n) is 5.48.